The van der Waals surface area contributed by atoms with Crippen molar-refractivity contribution in [2.24, 2.45) is 0 Å². The smallest absolute Gasteiger partial charge is 0.322 e. The van der Waals surface area contributed by atoms with Gasteiger partial charge in [0.15, 0.2) is 0 Å². The summed E-state index contributed by atoms with van der Waals surface area (Å²) < 4.78 is 29.7. The number of carboxylic acids is 1. The summed E-state index contributed by atoms with van der Waals surface area (Å²) in [6, 6.07) is 4.07. The van der Waals surface area contributed by atoms with Gasteiger partial charge in [-0.3, -0.25) is 9.52 Å². The fourth-order valence-corrected chi connectivity index (χ4v) is 4.51. The molecule has 0 bridgehead atoms. The molecule has 1 aromatic carbocycles. The van der Waals surface area contributed by atoms with E-state index in [2.05, 4.69) is 36.6 Å². The molecule has 0 radical (unpaired) electrons. The molecule has 6 nitrogen and oxygen atoms in total. The van der Waals surface area contributed by atoms with Crippen molar-refractivity contribution < 1.29 is 18.3 Å². The monoisotopic (exact) mass is 440 g/mol. The Labute approximate surface area is 140 Å². The molecule has 2 N–H and O–H groups in total. The summed E-state index contributed by atoms with van der Waals surface area (Å²) in [7, 11) is -3.92. The summed E-state index contributed by atoms with van der Waals surface area (Å²) in [5.74, 6) is -1.12. The molecule has 116 valence electrons. The van der Waals surface area contributed by atoms with E-state index in [0.717, 1.165) is 8.78 Å². The van der Waals surface area contributed by atoms with Crippen LogP contribution in [0.3, 0.4) is 0 Å². The number of carbonyl (C=O) groups is 1. The minimum absolute atomic E-state index is 0.206. The highest BCUT2D eigenvalue weighted by molar-refractivity contribution is 9.11. The first-order chi connectivity index (χ1) is 9.81. The molecule has 0 aromatic heterocycles. The Bertz CT molecular complexity index is 651. The van der Waals surface area contributed by atoms with E-state index in [1.807, 2.05) is 0 Å². The molecule has 0 spiro atoms. The van der Waals surface area contributed by atoms with Crippen LogP contribution in [0.5, 0.6) is 0 Å². The summed E-state index contributed by atoms with van der Waals surface area (Å²) in [5, 5.41) is 9.19. The molecule has 1 fully saturated rings. The van der Waals surface area contributed by atoms with Crippen molar-refractivity contribution in [2.75, 3.05) is 11.3 Å². The van der Waals surface area contributed by atoms with Crippen molar-refractivity contribution in [1.82, 2.24) is 4.31 Å². The third kappa shape index (κ3) is 3.97. The minimum atomic E-state index is -3.92. The van der Waals surface area contributed by atoms with E-state index in [4.69, 9.17) is 0 Å². The summed E-state index contributed by atoms with van der Waals surface area (Å²) in [6.07, 6.45) is 1.70. The van der Waals surface area contributed by atoms with Crippen LogP contribution in [0.25, 0.3) is 0 Å². The first kappa shape index (κ1) is 16.7. The van der Waals surface area contributed by atoms with E-state index < -0.39 is 22.2 Å². The van der Waals surface area contributed by atoms with E-state index in [1.54, 1.807) is 18.2 Å². The predicted molar refractivity (Wildman–Crippen MR) is 86.4 cm³/mol. The number of piperidine rings is 1. The fraction of sp³-hybridized carbons (Fsp3) is 0.417. The largest absolute Gasteiger partial charge is 0.480 e. The molecule has 0 saturated carbocycles. The number of aliphatic carboxylic acids is 1. The zero-order valence-electron chi connectivity index (χ0n) is 10.9. The van der Waals surface area contributed by atoms with Crippen LogP contribution in [0.4, 0.5) is 5.69 Å². The molecular formula is C12H14Br2N2O4S. The number of halogens is 2. The minimum Gasteiger partial charge on any atom is -0.480 e. The van der Waals surface area contributed by atoms with Crippen molar-refractivity contribution >= 4 is 53.7 Å². The van der Waals surface area contributed by atoms with Crippen molar-refractivity contribution in [2.45, 2.75) is 25.3 Å². The van der Waals surface area contributed by atoms with Crippen LogP contribution in [0.1, 0.15) is 19.3 Å². The molecule has 2 rings (SSSR count). The number of nitrogens with zero attached hydrogens (tertiary/aromatic N) is 1. The van der Waals surface area contributed by atoms with Crippen LogP contribution in [-0.2, 0) is 15.0 Å². The molecule has 0 aliphatic carbocycles. The van der Waals surface area contributed by atoms with E-state index in [-0.39, 0.29) is 6.54 Å². The van der Waals surface area contributed by atoms with E-state index in [1.165, 1.54) is 0 Å². The Balaban J connectivity index is 2.28. The predicted octanol–water partition coefficient (Wildman–Crippen LogP) is 2.81. The molecule has 1 aliphatic rings. The lowest BCUT2D eigenvalue weighted by Gasteiger charge is -2.32. The molecule has 9 heteroatoms. The van der Waals surface area contributed by atoms with Gasteiger partial charge in [-0.1, -0.05) is 15.9 Å². The Kier molecular flexibility index (Phi) is 5.29. The van der Waals surface area contributed by atoms with Crippen molar-refractivity contribution in [1.29, 1.82) is 0 Å². The highest BCUT2D eigenvalue weighted by atomic mass is 79.9. The van der Waals surface area contributed by atoms with Crippen molar-refractivity contribution in [3.05, 3.63) is 27.1 Å². The Morgan fingerprint density at radius 1 is 1.33 bits per heavy atom. The van der Waals surface area contributed by atoms with Crippen molar-refractivity contribution in [3.63, 3.8) is 0 Å². The fourth-order valence-electron chi connectivity index (χ4n) is 2.21. The number of hydrogen-bond donors (Lipinski definition) is 2. The van der Waals surface area contributed by atoms with Crippen LogP contribution >= 0.6 is 31.9 Å². The molecule has 21 heavy (non-hydrogen) atoms. The topological polar surface area (TPSA) is 86.7 Å². The molecule has 1 atom stereocenters. The molecule has 1 saturated heterocycles. The van der Waals surface area contributed by atoms with Gasteiger partial charge in [0.2, 0.25) is 0 Å². The number of nitrogens with one attached hydrogen (secondary N) is 1. The molecule has 0 amide bonds. The van der Waals surface area contributed by atoms with Gasteiger partial charge < -0.3 is 5.11 Å². The van der Waals surface area contributed by atoms with Gasteiger partial charge in [-0.15, -0.1) is 0 Å². The summed E-state index contributed by atoms with van der Waals surface area (Å²) in [5.41, 5.74) is 0.360. The number of anilines is 1. The third-order valence-corrected chi connectivity index (χ3v) is 5.93. The van der Waals surface area contributed by atoms with Crippen LogP contribution in [0.15, 0.2) is 27.1 Å². The van der Waals surface area contributed by atoms with E-state index in [0.29, 0.717) is 29.4 Å². The molecule has 1 aromatic rings. The number of hydrogen-bond acceptors (Lipinski definition) is 3. The maximum atomic E-state index is 12.4. The lowest BCUT2D eigenvalue weighted by Crippen LogP contribution is -2.49. The molecule has 1 heterocycles. The Morgan fingerprint density at radius 3 is 2.71 bits per heavy atom. The van der Waals surface area contributed by atoms with E-state index in [9.17, 15) is 18.3 Å². The summed E-state index contributed by atoms with van der Waals surface area (Å²) >= 11 is 6.54. The second-order valence-corrected chi connectivity index (χ2v) is 8.09. The Morgan fingerprint density at radius 2 is 2.05 bits per heavy atom. The first-order valence-corrected chi connectivity index (χ1v) is 9.31. The lowest BCUT2D eigenvalue weighted by molar-refractivity contribution is -0.142. The second kappa shape index (κ2) is 6.64. The molecular weight excluding hydrogens is 428 g/mol. The van der Waals surface area contributed by atoms with Gasteiger partial charge in [-0.2, -0.15) is 12.7 Å². The Hall–Kier alpha value is -0.640. The second-order valence-electron chi connectivity index (χ2n) is 4.69. The zero-order valence-corrected chi connectivity index (χ0v) is 14.9. The van der Waals surface area contributed by atoms with Crippen LogP contribution in [0.2, 0.25) is 0 Å². The normalized spacial score (nSPS) is 20.2. The van der Waals surface area contributed by atoms with E-state index >= 15 is 0 Å². The summed E-state index contributed by atoms with van der Waals surface area (Å²) in [6.45, 7) is 0.206. The average Bonchev–Trinajstić information content (AvgIpc) is 2.42. The molecule has 1 aliphatic heterocycles. The summed E-state index contributed by atoms with van der Waals surface area (Å²) in [4.78, 5) is 11.2. The van der Waals surface area contributed by atoms with Gasteiger partial charge in [0.05, 0.1) is 5.69 Å². The number of carboxylic acid groups (broad SMARTS) is 1. The van der Waals surface area contributed by atoms with Crippen LogP contribution in [0, 0.1) is 0 Å². The number of rotatable bonds is 4. The third-order valence-electron chi connectivity index (χ3n) is 3.21. The maximum absolute atomic E-state index is 12.4. The van der Waals surface area contributed by atoms with Gasteiger partial charge in [0.1, 0.15) is 6.04 Å². The quantitative estimate of drug-likeness (QED) is 0.751. The first-order valence-electron chi connectivity index (χ1n) is 6.29. The van der Waals surface area contributed by atoms with Gasteiger partial charge in [-0.05, 0) is 53.4 Å². The van der Waals surface area contributed by atoms with Crippen LogP contribution < -0.4 is 4.72 Å². The van der Waals surface area contributed by atoms with Crippen molar-refractivity contribution in [3.8, 4) is 0 Å². The highest BCUT2D eigenvalue weighted by Gasteiger charge is 2.36. The highest BCUT2D eigenvalue weighted by Crippen LogP contribution is 2.29. The average molecular weight is 442 g/mol. The van der Waals surface area contributed by atoms with Gasteiger partial charge in [0.25, 0.3) is 0 Å². The lowest BCUT2D eigenvalue weighted by atomic mass is 10.1. The number of benzene rings is 1. The van der Waals surface area contributed by atoms with Crippen LogP contribution in [-0.4, -0.2) is 36.4 Å². The maximum Gasteiger partial charge on any atom is 0.322 e. The SMILES string of the molecule is O=C(O)C1CCCCN1S(=O)(=O)Nc1cc(Br)ccc1Br. The standard InChI is InChI=1S/C12H14Br2N2O4S/c13-8-4-5-9(14)10(7-8)15-21(19,20)16-6-2-1-3-11(16)12(17)18/h4-5,7,11,15H,1-3,6H2,(H,17,18). The van der Waals surface area contributed by atoms with Gasteiger partial charge in [0, 0.05) is 15.5 Å². The molecule has 1 unspecified atom stereocenters. The zero-order chi connectivity index (χ0) is 15.6. The van der Waals surface area contributed by atoms with Gasteiger partial charge in [-0.25, -0.2) is 0 Å². The van der Waals surface area contributed by atoms with Gasteiger partial charge >= 0.3 is 16.2 Å².